The van der Waals surface area contributed by atoms with Crippen molar-refractivity contribution in [2.24, 2.45) is 0 Å². The fourth-order valence-electron chi connectivity index (χ4n) is 0.932. The molecule has 0 amide bonds. The predicted octanol–water partition coefficient (Wildman–Crippen LogP) is 1.43. The number of aldehydes is 1. The number of carbonyl (C=O) groups excluding carboxylic acids is 1. The molecule has 0 bridgehead atoms. The highest BCUT2D eigenvalue weighted by molar-refractivity contribution is 6.17. The molecule has 0 aromatic heterocycles. The Bertz CT molecular complexity index is 416. The largest absolute Gasteiger partial charge is 0.297 e. The van der Waals surface area contributed by atoms with E-state index in [1.165, 1.54) is 24.3 Å². The van der Waals surface area contributed by atoms with Crippen molar-refractivity contribution < 1.29 is 9.72 Å². The molecule has 1 rings (SSSR count). The van der Waals surface area contributed by atoms with Gasteiger partial charge in [0.25, 0.3) is 5.69 Å². The Kier molecular flexibility index (Phi) is 2.89. The molecular formula is C9H6N2O3. The lowest BCUT2D eigenvalue weighted by atomic mass is 10.1. The average Bonchev–Trinajstić information content (AvgIpc) is 2.20. The number of nitro groups is 1. The van der Waals surface area contributed by atoms with Crippen molar-refractivity contribution in [3.8, 4) is 0 Å². The van der Waals surface area contributed by atoms with Gasteiger partial charge in [0, 0.05) is 12.1 Å². The minimum Gasteiger partial charge on any atom is -0.297 e. The second kappa shape index (κ2) is 4.11. The Balaban J connectivity index is 3.11. The summed E-state index contributed by atoms with van der Waals surface area (Å²) in [7, 11) is 0. The van der Waals surface area contributed by atoms with Crippen LogP contribution in [0.15, 0.2) is 24.3 Å². The first-order valence-electron chi connectivity index (χ1n) is 3.68. The maximum atomic E-state index is 10.4. The van der Waals surface area contributed by atoms with Crippen LogP contribution in [0.4, 0.5) is 5.69 Å². The molecule has 0 unspecified atom stereocenters. The number of allylic oxidation sites excluding steroid dienone is 1. The van der Waals surface area contributed by atoms with E-state index in [0.29, 0.717) is 11.8 Å². The van der Waals surface area contributed by atoms with Crippen LogP contribution >= 0.6 is 0 Å². The molecule has 1 aromatic carbocycles. The summed E-state index contributed by atoms with van der Waals surface area (Å²) >= 11 is 0. The molecule has 0 atom stereocenters. The number of rotatable bonds is 3. The molecule has 0 aliphatic carbocycles. The lowest BCUT2D eigenvalue weighted by Gasteiger charge is -1.95. The molecule has 70 valence electrons. The van der Waals surface area contributed by atoms with Gasteiger partial charge in [0.05, 0.1) is 10.5 Å². The van der Waals surface area contributed by atoms with Crippen molar-refractivity contribution in [2.45, 2.75) is 0 Å². The molecule has 0 aliphatic heterocycles. The first kappa shape index (κ1) is 9.83. The number of benzene rings is 1. The molecule has 0 spiro atoms. The monoisotopic (exact) mass is 190 g/mol. The van der Waals surface area contributed by atoms with Crippen LogP contribution in [0.2, 0.25) is 0 Å². The second-order valence-electron chi connectivity index (χ2n) is 2.46. The maximum Gasteiger partial charge on any atom is 0.269 e. The molecule has 5 heteroatoms. The van der Waals surface area contributed by atoms with E-state index in [-0.39, 0.29) is 11.3 Å². The van der Waals surface area contributed by atoms with Gasteiger partial charge in [-0.15, -0.1) is 0 Å². The fourth-order valence-corrected chi connectivity index (χ4v) is 0.932. The summed E-state index contributed by atoms with van der Waals surface area (Å²) in [6, 6.07) is 5.36. The third kappa shape index (κ3) is 1.91. The maximum absolute atomic E-state index is 10.4. The smallest absolute Gasteiger partial charge is 0.269 e. The van der Waals surface area contributed by atoms with Gasteiger partial charge in [-0.2, -0.15) is 0 Å². The highest BCUT2D eigenvalue weighted by atomic mass is 16.6. The minimum absolute atomic E-state index is 0.0519. The van der Waals surface area contributed by atoms with Crippen molar-refractivity contribution in [2.75, 3.05) is 0 Å². The molecule has 0 aliphatic rings. The standard InChI is InChI=1S/C9H6N2O3/c10-5-8(6-12)7-1-3-9(4-2-7)11(13)14/h1-4,6,10H. The quantitative estimate of drug-likeness (QED) is 0.257. The first-order valence-corrected chi connectivity index (χ1v) is 3.68. The van der Waals surface area contributed by atoms with Gasteiger partial charge in [-0.1, -0.05) is 0 Å². The van der Waals surface area contributed by atoms with Crippen LogP contribution in [-0.4, -0.2) is 17.1 Å². The SMILES string of the molecule is N=C=C(C=O)c1ccc([N+](=O)[O-])cc1. The van der Waals surface area contributed by atoms with E-state index in [0.717, 1.165) is 0 Å². The molecule has 5 nitrogen and oxygen atoms in total. The van der Waals surface area contributed by atoms with Gasteiger partial charge in [0.1, 0.15) is 0 Å². The van der Waals surface area contributed by atoms with E-state index in [4.69, 9.17) is 5.41 Å². The van der Waals surface area contributed by atoms with Crippen LogP contribution in [0.1, 0.15) is 5.56 Å². The third-order valence-corrected chi connectivity index (χ3v) is 1.64. The molecule has 14 heavy (non-hydrogen) atoms. The second-order valence-corrected chi connectivity index (χ2v) is 2.46. The molecule has 1 N–H and O–H groups in total. The highest BCUT2D eigenvalue weighted by Gasteiger charge is 2.05. The summed E-state index contributed by atoms with van der Waals surface area (Å²) in [4.78, 5) is 20.2. The summed E-state index contributed by atoms with van der Waals surface area (Å²) in [6.45, 7) is 0. The Morgan fingerprint density at radius 2 is 2.00 bits per heavy atom. The summed E-state index contributed by atoms with van der Waals surface area (Å²) in [6.07, 6.45) is 0.480. The van der Waals surface area contributed by atoms with Crippen LogP contribution in [0, 0.1) is 15.5 Å². The Morgan fingerprint density at radius 1 is 1.43 bits per heavy atom. The number of nitrogens with zero attached hydrogens (tertiary/aromatic N) is 1. The summed E-state index contributed by atoms with van der Waals surface area (Å²) < 4.78 is 0. The minimum atomic E-state index is -0.529. The topological polar surface area (TPSA) is 84.1 Å². The number of nitro benzene ring substituents is 1. The van der Waals surface area contributed by atoms with E-state index < -0.39 is 4.92 Å². The van der Waals surface area contributed by atoms with E-state index in [1.54, 1.807) is 0 Å². The Labute approximate surface area is 79.3 Å². The zero-order valence-corrected chi connectivity index (χ0v) is 7.06. The van der Waals surface area contributed by atoms with Gasteiger partial charge in [0.15, 0.2) is 6.29 Å². The molecular weight excluding hydrogens is 184 g/mol. The van der Waals surface area contributed by atoms with E-state index in [1.807, 2.05) is 5.87 Å². The first-order chi connectivity index (χ1) is 6.69. The van der Waals surface area contributed by atoms with Gasteiger partial charge in [-0.25, -0.2) is 0 Å². The van der Waals surface area contributed by atoms with Gasteiger partial charge in [0.2, 0.25) is 0 Å². The van der Waals surface area contributed by atoms with Crippen molar-refractivity contribution in [3.63, 3.8) is 0 Å². The summed E-state index contributed by atoms with van der Waals surface area (Å²) in [5.41, 5.74) is 0.462. The van der Waals surface area contributed by atoms with Crippen LogP contribution in [0.25, 0.3) is 5.57 Å². The van der Waals surface area contributed by atoms with Gasteiger partial charge in [-0.3, -0.25) is 20.3 Å². The molecule has 0 radical (unpaired) electrons. The van der Waals surface area contributed by atoms with Crippen molar-refractivity contribution in [1.82, 2.24) is 0 Å². The van der Waals surface area contributed by atoms with Crippen LogP contribution in [0.5, 0.6) is 0 Å². The van der Waals surface area contributed by atoms with Gasteiger partial charge in [-0.05, 0) is 23.6 Å². The van der Waals surface area contributed by atoms with Crippen LogP contribution < -0.4 is 0 Å². The van der Waals surface area contributed by atoms with Crippen molar-refractivity contribution in [3.05, 3.63) is 39.9 Å². The number of nitrogens with one attached hydrogen (secondary N) is 1. The molecule has 1 aromatic rings. The predicted molar refractivity (Wildman–Crippen MR) is 50.3 cm³/mol. The highest BCUT2D eigenvalue weighted by Crippen LogP contribution is 2.15. The zero-order chi connectivity index (χ0) is 10.6. The lowest BCUT2D eigenvalue weighted by Crippen LogP contribution is -1.90. The van der Waals surface area contributed by atoms with Crippen LogP contribution in [0.3, 0.4) is 0 Å². The van der Waals surface area contributed by atoms with E-state index in [2.05, 4.69) is 0 Å². The van der Waals surface area contributed by atoms with Crippen LogP contribution in [-0.2, 0) is 4.79 Å². The number of carbonyl (C=O) groups is 1. The Hall–Kier alpha value is -2.26. The lowest BCUT2D eigenvalue weighted by molar-refractivity contribution is -0.384. The normalized spacial score (nSPS) is 8.86. The number of non-ortho nitro benzene ring substituents is 1. The zero-order valence-electron chi connectivity index (χ0n) is 7.06. The van der Waals surface area contributed by atoms with Gasteiger partial charge >= 0.3 is 0 Å². The number of hydrogen-bond acceptors (Lipinski definition) is 4. The summed E-state index contributed by atoms with van der Waals surface area (Å²) in [5, 5.41) is 17.1. The molecule has 0 heterocycles. The van der Waals surface area contributed by atoms with Crippen molar-refractivity contribution >= 4 is 23.4 Å². The van der Waals surface area contributed by atoms with E-state index >= 15 is 0 Å². The fraction of sp³-hybridized carbons (Fsp3) is 0. The number of hydrogen-bond donors (Lipinski definition) is 1. The third-order valence-electron chi connectivity index (χ3n) is 1.64. The average molecular weight is 190 g/mol. The molecule has 0 saturated heterocycles. The molecule has 0 fully saturated rings. The molecule has 0 saturated carbocycles. The Morgan fingerprint density at radius 3 is 2.36 bits per heavy atom. The summed E-state index contributed by atoms with van der Waals surface area (Å²) in [5.74, 6) is 1.95. The van der Waals surface area contributed by atoms with E-state index in [9.17, 15) is 14.9 Å². The van der Waals surface area contributed by atoms with Crippen molar-refractivity contribution in [1.29, 1.82) is 5.41 Å². The van der Waals surface area contributed by atoms with Gasteiger partial charge < -0.3 is 0 Å².